The number of fused-ring (bicyclic) bond motifs is 1. The lowest BCUT2D eigenvalue weighted by Gasteiger charge is -2.20. The molecule has 0 aliphatic carbocycles. The standard InChI is InChI=1S/C27H29N3O5S/c1-3-26(31)30-16-15-20-18-23(13-14-25(20)30)36(33,34)29-24(17-19-7-5-4-6-8-19)27(32)28-21-9-11-22(35-2)12-10-21/h4-14,18,24,29H,3,15-17H2,1-2H3,(H,28,32)/t24-/m0/s1. The van der Waals surface area contributed by atoms with Crippen molar-refractivity contribution in [3.63, 3.8) is 0 Å². The fourth-order valence-corrected chi connectivity index (χ4v) is 5.44. The molecule has 0 radical (unpaired) electrons. The van der Waals surface area contributed by atoms with Gasteiger partial charge in [0.15, 0.2) is 0 Å². The largest absolute Gasteiger partial charge is 0.497 e. The second-order valence-corrected chi connectivity index (χ2v) is 10.2. The highest BCUT2D eigenvalue weighted by atomic mass is 32.2. The predicted octanol–water partition coefficient (Wildman–Crippen LogP) is 3.52. The Balaban J connectivity index is 1.57. The molecule has 0 unspecified atom stereocenters. The van der Waals surface area contributed by atoms with Gasteiger partial charge in [0.2, 0.25) is 21.8 Å². The summed E-state index contributed by atoms with van der Waals surface area (Å²) in [4.78, 5) is 27.1. The van der Waals surface area contributed by atoms with Gasteiger partial charge in [0, 0.05) is 24.3 Å². The van der Waals surface area contributed by atoms with Crippen LogP contribution in [0.3, 0.4) is 0 Å². The lowest BCUT2D eigenvalue weighted by molar-refractivity contribution is -0.118. The van der Waals surface area contributed by atoms with Gasteiger partial charge in [0.1, 0.15) is 11.8 Å². The quantitative estimate of drug-likeness (QED) is 0.461. The molecule has 0 saturated carbocycles. The summed E-state index contributed by atoms with van der Waals surface area (Å²) < 4.78 is 34.5. The number of hydrogen-bond acceptors (Lipinski definition) is 5. The van der Waals surface area contributed by atoms with Crippen LogP contribution in [0.1, 0.15) is 24.5 Å². The zero-order valence-corrected chi connectivity index (χ0v) is 21.0. The van der Waals surface area contributed by atoms with Gasteiger partial charge in [-0.2, -0.15) is 4.72 Å². The number of sulfonamides is 1. The molecule has 0 saturated heterocycles. The van der Waals surface area contributed by atoms with Crippen molar-refractivity contribution in [2.75, 3.05) is 23.9 Å². The second-order valence-electron chi connectivity index (χ2n) is 8.52. The summed E-state index contributed by atoms with van der Waals surface area (Å²) in [6.07, 6.45) is 1.13. The van der Waals surface area contributed by atoms with Crippen LogP contribution in [0.2, 0.25) is 0 Å². The number of carbonyl (C=O) groups excluding carboxylic acids is 2. The molecule has 0 fully saturated rings. The van der Waals surface area contributed by atoms with Crippen molar-refractivity contribution in [2.24, 2.45) is 0 Å². The van der Waals surface area contributed by atoms with Gasteiger partial charge in [0.25, 0.3) is 0 Å². The highest BCUT2D eigenvalue weighted by Crippen LogP contribution is 2.31. The molecule has 8 nitrogen and oxygen atoms in total. The van der Waals surface area contributed by atoms with Crippen molar-refractivity contribution in [2.45, 2.75) is 37.1 Å². The van der Waals surface area contributed by atoms with Crippen LogP contribution in [0.15, 0.2) is 77.7 Å². The highest BCUT2D eigenvalue weighted by Gasteiger charge is 2.29. The maximum absolute atomic E-state index is 13.4. The van der Waals surface area contributed by atoms with Crippen LogP contribution in [-0.2, 0) is 32.5 Å². The number of benzene rings is 3. The smallest absolute Gasteiger partial charge is 0.242 e. The number of amides is 2. The number of hydrogen-bond donors (Lipinski definition) is 2. The third-order valence-electron chi connectivity index (χ3n) is 6.11. The van der Waals surface area contributed by atoms with Crippen LogP contribution in [-0.4, -0.2) is 39.9 Å². The normalized spacial score (nSPS) is 13.7. The van der Waals surface area contributed by atoms with Crippen molar-refractivity contribution < 1.29 is 22.7 Å². The number of carbonyl (C=O) groups is 2. The summed E-state index contributed by atoms with van der Waals surface area (Å²) in [5.41, 5.74) is 2.87. The monoisotopic (exact) mass is 507 g/mol. The van der Waals surface area contributed by atoms with E-state index < -0.39 is 22.0 Å². The average Bonchev–Trinajstić information content (AvgIpc) is 3.32. The zero-order valence-electron chi connectivity index (χ0n) is 20.2. The first-order chi connectivity index (χ1) is 17.3. The third-order valence-corrected chi connectivity index (χ3v) is 7.58. The molecule has 0 spiro atoms. The van der Waals surface area contributed by atoms with E-state index in [0.29, 0.717) is 30.8 Å². The summed E-state index contributed by atoms with van der Waals surface area (Å²) >= 11 is 0. The van der Waals surface area contributed by atoms with E-state index in [4.69, 9.17) is 4.74 Å². The highest BCUT2D eigenvalue weighted by molar-refractivity contribution is 7.89. The molecule has 1 atom stereocenters. The van der Waals surface area contributed by atoms with E-state index in [1.807, 2.05) is 30.3 Å². The summed E-state index contributed by atoms with van der Waals surface area (Å²) in [5, 5.41) is 2.79. The van der Waals surface area contributed by atoms with Gasteiger partial charge < -0.3 is 15.0 Å². The van der Waals surface area contributed by atoms with Crippen LogP contribution in [0.5, 0.6) is 5.75 Å². The Kier molecular flexibility index (Phi) is 7.71. The Bertz CT molecular complexity index is 1340. The van der Waals surface area contributed by atoms with Gasteiger partial charge in [-0.05, 0) is 66.4 Å². The molecule has 0 aromatic heterocycles. The van der Waals surface area contributed by atoms with Gasteiger partial charge in [-0.1, -0.05) is 37.3 Å². The lowest BCUT2D eigenvalue weighted by atomic mass is 10.1. The second kappa shape index (κ2) is 10.9. The summed E-state index contributed by atoms with van der Waals surface area (Å²) in [6, 6.07) is 19.7. The first-order valence-corrected chi connectivity index (χ1v) is 13.2. The van der Waals surface area contributed by atoms with Gasteiger partial charge in [-0.25, -0.2) is 8.42 Å². The van der Waals surface area contributed by atoms with Crippen LogP contribution in [0.25, 0.3) is 0 Å². The number of anilines is 2. The number of ether oxygens (including phenoxy) is 1. The molecule has 0 bridgehead atoms. The first-order valence-electron chi connectivity index (χ1n) is 11.7. The van der Waals surface area contributed by atoms with Gasteiger partial charge in [-0.15, -0.1) is 0 Å². The lowest BCUT2D eigenvalue weighted by Crippen LogP contribution is -2.45. The fourth-order valence-electron chi connectivity index (χ4n) is 4.19. The van der Waals surface area contributed by atoms with Crippen molar-refractivity contribution in [1.29, 1.82) is 0 Å². The van der Waals surface area contributed by atoms with Gasteiger partial charge in [0.05, 0.1) is 12.0 Å². The minimum Gasteiger partial charge on any atom is -0.497 e. The van der Waals surface area contributed by atoms with Crippen LogP contribution < -0.4 is 19.7 Å². The molecule has 36 heavy (non-hydrogen) atoms. The maximum Gasteiger partial charge on any atom is 0.242 e. The van der Waals surface area contributed by atoms with Gasteiger partial charge >= 0.3 is 0 Å². The maximum atomic E-state index is 13.4. The van der Waals surface area contributed by atoms with E-state index in [9.17, 15) is 18.0 Å². The van der Waals surface area contributed by atoms with E-state index in [2.05, 4.69) is 10.0 Å². The van der Waals surface area contributed by atoms with E-state index >= 15 is 0 Å². The summed E-state index contributed by atoms with van der Waals surface area (Å²) in [7, 11) is -2.47. The first kappa shape index (κ1) is 25.4. The van der Waals surface area contributed by atoms with Gasteiger partial charge in [-0.3, -0.25) is 9.59 Å². The van der Waals surface area contributed by atoms with E-state index in [-0.39, 0.29) is 17.2 Å². The summed E-state index contributed by atoms with van der Waals surface area (Å²) in [6.45, 7) is 2.33. The molecule has 2 amide bonds. The number of nitrogens with one attached hydrogen (secondary N) is 2. The minimum atomic E-state index is -4.03. The Morgan fingerprint density at radius 1 is 1.03 bits per heavy atom. The Morgan fingerprint density at radius 2 is 1.75 bits per heavy atom. The minimum absolute atomic E-state index is 0.000565. The van der Waals surface area contributed by atoms with Crippen LogP contribution in [0.4, 0.5) is 11.4 Å². The average molecular weight is 508 g/mol. The van der Waals surface area contributed by atoms with E-state index in [1.54, 1.807) is 55.3 Å². The van der Waals surface area contributed by atoms with E-state index in [1.165, 1.54) is 6.07 Å². The molecule has 1 heterocycles. The van der Waals surface area contributed by atoms with Crippen LogP contribution >= 0.6 is 0 Å². The molecule has 2 N–H and O–H groups in total. The number of nitrogens with zero attached hydrogens (tertiary/aromatic N) is 1. The molecule has 4 rings (SSSR count). The molecule has 3 aromatic carbocycles. The van der Waals surface area contributed by atoms with Crippen LogP contribution in [0, 0.1) is 0 Å². The Morgan fingerprint density at radius 3 is 2.42 bits per heavy atom. The molecule has 1 aliphatic heterocycles. The topological polar surface area (TPSA) is 105 Å². The molecule has 188 valence electrons. The number of methoxy groups -OCH3 is 1. The molecular formula is C27H29N3O5S. The molecular weight excluding hydrogens is 478 g/mol. The molecule has 3 aromatic rings. The summed E-state index contributed by atoms with van der Waals surface area (Å²) in [5.74, 6) is 0.166. The zero-order chi connectivity index (χ0) is 25.7. The van der Waals surface area contributed by atoms with Crippen molar-refractivity contribution in [1.82, 2.24) is 4.72 Å². The predicted molar refractivity (Wildman–Crippen MR) is 139 cm³/mol. The van der Waals surface area contributed by atoms with Crippen molar-refractivity contribution in [3.05, 3.63) is 83.9 Å². The third kappa shape index (κ3) is 5.75. The van der Waals surface area contributed by atoms with Crippen molar-refractivity contribution in [3.8, 4) is 5.75 Å². The molecule has 1 aliphatic rings. The Hall–Kier alpha value is -3.69. The molecule has 9 heteroatoms. The van der Waals surface area contributed by atoms with Crippen molar-refractivity contribution >= 4 is 33.2 Å². The Labute approximate surface area is 211 Å². The number of rotatable bonds is 9. The van der Waals surface area contributed by atoms with E-state index in [0.717, 1.165) is 16.8 Å². The SMILES string of the molecule is CCC(=O)N1CCc2cc(S(=O)(=O)N[C@@H](Cc3ccccc3)C(=O)Nc3ccc(OC)cc3)ccc21. The fraction of sp³-hybridized carbons (Fsp3) is 0.259.